The number of fused-ring (bicyclic) bond motifs is 1. The van der Waals surface area contributed by atoms with Crippen LogP contribution in [-0.4, -0.2) is 32.6 Å². The van der Waals surface area contributed by atoms with E-state index >= 15 is 0 Å². The van der Waals surface area contributed by atoms with Gasteiger partial charge in [-0.15, -0.1) is 0 Å². The summed E-state index contributed by atoms with van der Waals surface area (Å²) in [5.74, 6) is -0.223. The highest BCUT2D eigenvalue weighted by Gasteiger charge is 2.31. The number of rotatable bonds is 7. The third-order valence-electron chi connectivity index (χ3n) is 4.75. The van der Waals surface area contributed by atoms with Crippen LogP contribution in [0.5, 0.6) is 0 Å². The molecule has 2 aromatic carbocycles. The van der Waals surface area contributed by atoms with E-state index < -0.39 is 0 Å². The number of anilines is 1. The smallest absolute Gasteiger partial charge is 0.266 e. The molecule has 1 saturated heterocycles. The van der Waals surface area contributed by atoms with Gasteiger partial charge in [0.1, 0.15) is 4.32 Å². The maximum Gasteiger partial charge on any atom is 0.266 e. The SMILES string of the molecule is CC(/C=C1\SC(=S)N(CCCC(=O)Nc2nc3ccccc3s2)C1=O)=C\c1ccccc1. The van der Waals surface area contributed by atoms with E-state index in [1.165, 1.54) is 23.1 Å². The largest absolute Gasteiger partial charge is 0.302 e. The number of hydrogen-bond donors (Lipinski definition) is 1. The Balaban J connectivity index is 1.30. The summed E-state index contributed by atoms with van der Waals surface area (Å²) >= 11 is 8.15. The first-order valence-corrected chi connectivity index (χ1v) is 12.2. The van der Waals surface area contributed by atoms with Gasteiger partial charge in [0.2, 0.25) is 5.91 Å². The highest BCUT2D eigenvalue weighted by molar-refractivity contribution is 8.26. The number of carbonyl (C=O) groups is 2. The molecule has 1 aliphatic heterocycles. The number of aromatic nitrogens is 1. The van der Waals surface area contributed by atoms with Crippen LogP contribution in [0.4, 0.5) is 5.13 Å². The Kier molecular flexibility index (Phi) is 7.14. The highest BCUT2D eigenvalue weighted by atomic mass is 32.2. The Labute approximate surface area is 200 Å². The van der Waals surface area contributed by atoms with Crippen LogP contribution in [0.2, 0.25) is 0 Å². The number of nitrogens with zero attached hydrogens (tertiary/aromatic N) is 2. The molecule has 1 aromatic heterocycles. The summed E-state index contributed by atoms with van der Waals surface area (Å²) < 4.78 is 1.56. The first kappa shape index (κ1) is 22.4. The number of thiazole rings is 1. The van der Waals surface area contributed by atoms with Crippen molar-refractivity contribution in [1.82, 2.24) is 9.88 Å². The molecule has 2 amide bonds. The van der Waals surface area contributed by atoms with Crippen LogP contribution in [0, 0.1) is 0 Å². The van der Waals surface area contributed by atoms with Crippen molar-refractivity contribution in [2.45, 2.75) is 19.8 Å². The number of amides is 2. The predicted octanol–water partition coefficient (Wildman–Crippen LogP) is 5.86. The first-order valence-electron chi connectivity index (χ1n) is 10.1. The lowest BCUT2D eigenvalue weighted by molar-refractivity contribution is -0.122. The van der Waals surface area contributed by atoms with Gasteiger partial charge in [-0.05, 0) is 42.7 Å². The summed E-state index contributed by atoms with van der Waals surface area (Å²) in [6.07, 6.45) is 4.71. The van der Waals surface area contributed by atoms with Crippen molar-refractivity contribution in [3.63, 3.8) is 0 Å². The molecular weight excluding hydrogens is 458 g/mol. The second-order valence-electron chi connectivity index (χ2n) is 7.27. The molecule has 0 aliphatic carbocycles. The fraction of sp³-hybridized carbons (Fsp3) is 0.167. The van der Waals surface area contributed by atoms with Crippen LogP contribution in [-0.2, 0) is 9.59 Å². The maximum atomic E-state index is 12.8. The van der Waals surface area contributed by atoms with Gasteiger partial charge in [0, 0.05) is 13.0 Å². The fourth-order valence-electron chi connectivity index (χ4n) is 3.26. The molecule has 162 valence electrons. The monoisotopic (exact) mass is 479 g/mol. The van der Waals surface area contributed by atoms with Gasteiger partial charge in [-0.3, -0.25) is 14.5 Å². The second-order valence-corrected chi connectivity index (χ2v) is 9.98. The van der Waals surface area contributed by atoms with E-state index in [0.29, 0.717) is 33.7 Å². The molecule has 2 heterocycles. The summed E-state index contributed by atoms with van der Waals surface area (Å²) in [5, 5.41) is 3.43. The average molecular weight is 480 g/mol. The van der Waals surface area contributed by atoms with Gasteiger partial charge in [0.15, 0.2) is 5.13 Å². The van der Waals surface area contributed by atoms with Gasteiger partial charge in [-0.1, -0.05) is 83.9 Å². The van der Waals surface area contributed by atoms with E-state index in [2.05, 4.69) is 10.3 Å². The van der Waals surface area contributed by atoms with Gasteiger partial charge < -0.3 is 5.32 Å². The number of allylic oxidation sites excluding steroid dienone is 2. The van der Waals surface area contributed by atoms with Crippen LogP contribution < -0.4 is 5.32 Å². The Bertz CT molecular complexity index is 1200. The van der Waals surface area contributed by atoms with E-state index in [1.807, 2.05) is 73.7 Å². The van der Waals surface area contributed by atoms with Crippen molar-refractivity contribution in [2.24, 2.45) is 0 Å². The van der Waals surface area contributed by atoms with E-state index in [-0.39, 0.29) is 11.8 Å². The van der Waals surface area contributed by atoms with E-state index in [1.54, 1.807) is 4.90 Å². The molecule has 8 heteroatoms. The minimum absolute atomic E-state index is 0.104. The van der Waals surface area contributed by atoms with Gasteiger partial charge in [-0.25, -0.2) is 4.98 Å². The van der Waals surface area contributed by atoms with Crippen LogP contribution in [0.15, 0.2) is 71.2 Å². The van der Waals surface area contributed by atoms with Crippen molar-refractivity contribution in [2.75, 3.05) is 11.9 Å². The third-order valence-corrected chi connectivity index (χ3v) is 7.08. The zero-order valence-electron chi connectivity index (χ0n) is 17.4. The number of para-hydroxylation sites is 1. The zero-order chi connectivity index (χ0) is 22.5. The minimum atomic E-state index is -0.119. The molecule has 0 bridgehead atoms. The lowest BCUT2D eigenvalue weighted by Crippen LogP contribution is -2.29. The highest BCUT2D eigenvalue weighted by Crippen LogP contribution is 2.32. The van der Waals surface area contributed by atoms with Crippen LogP contribution in [0.3, 0.4) is 0 Å². The summed E-state index contributed by atoms with van der Waals surface area (Å²) in [5.41, 5.74) is 2.93. The number of thioether (sulfide) groups is 1. The molecule has 1 fully saturated rings. The second kappa shape index (κ2) is 10.2. The number of nitrogens with one attached hydrogen (secondary N) is 1. The Morgan fingerprint density at radius 3 is 2.69 bits per heavy atom. The molecule has 4 rings (SSSR count). The van der Waals surface area contributed by atoms with Crippen molar-refractivity contribution >= 4 is 72.9 Å². The minimum Gasteiger partial charge on any atom is -0.302 e. The molecule has 0 atom stereocenters. The third kappa shape index (κ3) is 5.51. The van der Waals surface area contributed by atoms with E-state index in [0.717, 1.165) is 21.4 Å². The van der Waals surface area contributed by atoms with Crippen LogP contribution in [0.1, 0.15) is 25.3 Å². The van der Waals surface area contributed by atoms with E-state index in [4.69, 9.17) is 12.2 Å². The predicted molar refractivity (Wildman–Crippen MR) is 138 cm³/mol. The van der Waals surface area contributed by atoms with Gasteiger partial charge in [0.05, 0.1) is 15.1 Å². The fourth-order valence-corrected chi connectivity index (χ4v) is 5.50. The van der Waals surface area contributed by atoms with Crippen molar-refractivity contribution in [1.29, 1.82) is 0 Å². The molecular formula is C24H21N3O2S3. The van der Waals surface area contributed by atoms with E-state index in [9.17, 15) is 9.59 Å². The molecule has 3 aromatic rings. The van der Waals surface area contributed by atoms with Gasteiger partial charge in [0.25, 0.3) is 5.91 Å². The quantitative estimate of drug-likeness (QED) is 0.340. The Hall–Kier alpha value is -2.81. The molecule has 32 heavy (non-hydrogen) atoms. The van der Waals surface area contributed by atoms with Crippen molar-refractivity contribution in [3.05, 3.63) is 76.7 Å². The lowest BCUT2D eigenvalue weighted by Gasteiger charge is -2.13. The summed E-state index contributed by atoms with van der Waals surface area (Å²) in [6, 6.07) is 17.7. The number of thiocarbonyl (C=S) groups is 1. The molecule has 1 aliphatic rings. The number of carbonyl (C=O) groups excluding carboxylic acids is 2. The van der Waals surface area contributed by atoms with Crippen LogP contribution in [0.25, 0.3) is 16.3 Å². The Morgan fingerprint density at radius 2 is 1.91 bits per heavy atom. The topological polar surface area (TPSA) is 62.3 Å². The summed E-state index contributed by atoms with van der Waals surface area (Å²) in [7, 11) is 0. The Morgan fingerprint density at radius 1 is 1.16 bits per heavy atom. The van der Waals surface area contributed by atoms with Crippen molar-refractivity contribution in [3.8, 4) is 0 Å². The standard InChI is InChI=1S/C24H21N3O2S3/c1-16(14-17-8-3-2-4-9-17)15-20-22(29)27(24(30)32-20)13-7-12-21(28)26-23-25-18-10-5-6-11-19(18)31-23/h2-6,8-11,14-15H,7,12-13H2,1H3,(H,25,26,28)/b16-14+,20-15-. The number of hydrogen-bond acceptors (Lipinski definition) is 6. The maximum absolute atomic E-state index is 12.8. The van der Waals surface area contributed by atoms with Gasteiger partial charge in [-0.2, -0.15) is 0 Å². The molecule has 0 unspecified atom stereocenters. The molecule has 0 radical (unpaired) electrons. The first-order chi connectivity index (χ1) is 15.5. The van der Waals surface area contributed by atoms with Gasteiger partial charge >= 0.3 is 0 Å². The summed E-state index contributed by atoms with van der Waals surface area (Å²) in [6.45, 7) is 2.38. The molecule has 5 nitrogen and oxygen atoms in total. The normalized spacial score (nSPS) is 15.7. The van der Waals surface area contributed by atoms with Crippen molar-refractivity contribution < 1.29 is 9.59 Å². The molecule has 1 N–H and O–H groups in total. The zero-order valence-corrected chi connectivity index (χ0v) is 19.9. The number of benzene rings is 2. The molecule has 0 saturated carbocycles. The van der Waals surface area contributed by atoms with Crippen LogP contribution >= 0.6 is 35.3 Å². The summed E-state index contributed by atoms with van der Waals surface area (Å²) in [4.78, 5) is 31.7. The average Bonchev–Trinajstić information content (AvgIpc) is 3.29. The lowest BCUT2D eigenvalue weighted by atomic mass is 10.1. The molecule has 0 spiro atoms.